The van der Waals surface area contributed by atoms with E-state index in [0.29, 0.717) is 19.1 Å². The van der Waals surface area contributed by atoms with Crippen LogP contribution in [-0.4, -0.2) is 56.2 Å². The summed E-state index contributed by atoms with van der Waals surface area (Å²) in [6, 6.07) is 4.75. The van der Waals surface area contributed by atoms with Gasteiger partial charge in [0, 0.05) is 26.2 Å². The molecule has 0 aromatic heterocycles. The molecule has 2 amide bonds. The number of ether oxygens (including phenoxy) is 2. The number of benzene rings is 1. The van der Waals surface area contributed by atoms with Crippen LogP contribution < -0.4 is 15.4 Å². The molecular formula is C17H24F3N3O3. The quantitative estimate of drug-likeness (QED) is 0.802. The third-order valence-corrected chi connectivity index (χ3v) is 3.70. The summed E-state index contributed by atoms with van der Waals surface area (Å²) in [5.41, 5.74) is -0.0617. The topological polar surface area (TPSA) is 62.8 Å². The van der Waals surface area contributed by atoms with E-state index in [1.807, 2.05) is 0 Å². The zero-order valence-electron chi connectivity index (χ0n) is 14.8. The second kappa shape index (κ2) is 9.09. The van der Waals surface area contributed by atoms with E-state index in [0.717, 1.165) is 19.2 Å². The van der Waals surface area contributed by atoms with Gasteiger partial charge in [0.2, 0.25) is 0 Å². The molecule has 0 bridgehead atoms. The summed E-state index contributed by atoms with van der Waals surface area (Å²) in [6.07, 6.45) is -4.99. The lowest BCUT2D eigenvalue weighted by Crippen LogP contribution is -2.48. The number of nitrogens with one attached hydrogen (secondary N) is 2. The van der Waals surface area contributed by atoms with E-state index in [-0.39, 0.29) is 18.3 Å². The number of hydrogen-bond acceptors (Lipinski definition) is 4. The van der Waals surface area contributed by atoms with Gasteiger partial charge in [0.15, 0.2) is 5.75 Å². The first kappa shape index (κ1) is 20.3. The molecule has 9 heteroatoms. The van der Waals surface area contributed by atoms with Crippen molar-refractivity contribution < 1.29 is 27.4 Å². The Morgan fingerprint density at radius 3 is 2.81 bits per heavy atom. The largest absolute Gasteiger partial charge is 0.573 e. The molecule has 1 fully saturated rings. The predicted molar refractivity (Wildman–Crippen MR) is 91.2 cm³/mol. The van der Waals surface area contributed by atoms with Crippen LogP contribution in [0.2, 0.25) is 0 Å². The smallest absolute Gasteiger partial charge is 0.404 e. The number of halogens is 3. The van der Waals surface area contributed by atoms with Crippen LogP contribution in [-0.2, 0) is 4.74 Å². The number of alkyl halides is 3. The van der Waals surface area contributed by atoms with Crippen molar-refractivity contribution in [2.24, 2.45) is 5.92 Å². The summed E-state index contributed by atoms with van der Waals surface area (Å²) >= 11 is 0. The lowest BCUT2D eigenvalue weighted by molar-refractivity contribution is -0.274. The summed E-state index contributed by atoms with van der Waals surface area (Å²) in [4.78, 5) is 14.3. The molecule has 1 heterocycles. The van der Waals surface area contributed by atoms with E-state index in [1.54, 1.807) is 0 Å². The van der Waals surface area contributed by atoms with E-state index in [1.165, 1.54) is 18.2 Å². The summed E-state index contributed by atoms with van der Waals surface area (Å²) in [6.45, 7) is 7.63. The van der Waals surface area contributed by atoms with Crippen LogP contribution in [0.4, 0.5) is 23.7 Å². The monoisotopic (exact) mass is 375 g/mol. The van der Waals surface area contributed by atoms with Gasteiger partial charge in [0.25, 0.3) is 0 Å². The zero-order valence-corrected chi connectivity index (χ0v) is 14.8. The number of nitrogens with zero attached hydrogens (tertiary/aromatic N) is 1. The lowest BCUT2D eigenvalue weighted by atomic mass is 10.2. The Hall–Kier alpha value is -2.00. The SMILES string of the molecule is CC(C)CN1CCOC(CNC(=O)Nc2ccccc2OC(F)(F)F)C1. The number of carbonyl (C=O) groups excluding carboxylic acids is 1. The second-order valence-corrected chi connectivity index (χ2v) is 6.53. The van der Waals surface area contributed by atoms with Crippen LogP contribution in [0.25, 0.3) is 0 Å². The van der Waals surface area contributed by atoms with Gasteiger partial charge in [0.05, 0.1) is 18.4 Å². The number of amides is 2. The van der Waals surface area contributed by atoms with E-state index in [4.69, 9.17) is 4.74 Å². The molecule has 2 N–H and O–H groups in total. The molecular weight excluding hydrogens is 351 g/mol. The molecule has 2 rings (SSSR count). The van der Waals surface area contributed by atoms with Crippen molar-refractivity contribution in [2.75, 3.05) is 38.1 Å². The summed E-state index contributed by atoms with van der Waals surface area (Å²) < 4.78 is 46.7. The van der Waals surface area contributed by atoms with Gasteiger partial charge in [-0.25, -0.2) is 4.79 Å². The molecule has 1 aliphatic heterocycles. The Morgan fingerprint density at radius 1 is 1.38 bits per heavy atom. The number of para-hydroxylation sites is 2. The maximum Gasteiger partial charge on any atom is 0.573 e. The molecule has 26 heavy (non-hydrogen) atoms. The minimum absolute atomic E-state index is 0.0617. The number of urea groups is 1. The minimum atomic E-state index is -4.83. The van der Waals surface area contributed by atoms with Crippen molar-refractivity contribution in [3.05, 3.63) is 24.3 Å². The molecule has 0 spiro atoms. The van der Waals surface area contributed by atoms with Gasteiger partial charge in [-0.15, -0.1) is 13.2 Å². The van der Waals surface area contributed by atoms with Gasteiger partial charge in [-0.2, -0.15) is 0 Å². The number of anilines is 1. The van der Waals surface area contributed by atoms with Crippen LogP contribution in [0.5, 0.6) is 5.75 Å². The van der Waals surface area contributed by atoms with E-state index in [9.17, 15) is 18.0 Å². The molecule has 0 saturated carbocycles. The second-order valence-electron chi connectivity index (χ2n) is 6.53. The van der Waals surface area contributed by atoms with Crippen molar-refractivity contribution in [1.29, 1.82) is 0 Å². The van der Waals surface area contributed by atoms with Crippen LogP contribution in [0.1, 0.15) is 13.8 Å². The van der Waals surface area contributed by atoms with Crippen molar-refractivity contribution >= 4 is 11.7 Å². The fourth-order valence-corrected chi connectivity index (χ4v) is 2.74. The average molecular weight is 375 g/mol. The van der Waals surface area contributed by atoms with Crippen molar-refractivity contribution in [2.45, 2.75) is 26.3 Å². The Labute approximate surface area is 150 Å². The fraction of sp³-hybridized carbons (Fsp3) is 0.588. The highest BCUT2D eigenvalue weighted by atomic mass is 19.4. The van der Waals surface area contributed by atoms with Gasteiger partial charge in [-0.1, -0.05) is 26.0 Å². The highest BCUT2D eigenvalue weighted by Gasteiger charge is 2.32. The van der Waals surface area contributed by atoms with Crippen molar-refractivity contribution in [3.63, 3.8) is 0 Å². The van der Waals surface area contributed by atoms with Gasteiger partial charge in [-0.3, -0.25) is 4.90 Å². The summed E-state index contributed by atoms with van der Waals surface area (Å²) in [7, 11) is 0. The first-order chi connectivity index (χ1) is 12.2. The van der Waals surface area contributed by atoms with Gasteiger partial charge < -0.3 is 20.1 Å². The Bertz CT molecular complexity index is 596. The normalized spacial score (nSPS) is 18.6. The van der Waals surface area contributed by atoms with Crippen molar-refractivity contribution in [1.82, 2.24) is 10.2 Å². The van der Waals surface area contributed by atoms with Gasteiger partial charge in [-0.05, 0) is 18.1 Å². The number of rotatable bonds is 6. The maximum absolute atomic E-state index is 12.4. The summed E-state index contributed by atoms with van der Waals surface area (Å²) in [5.74, 6) is 0.0716. The maximum atomic E-state index is 12.4. The molecule has 1 aliphatic rings. The van der Waals surface area contributed by atoms with E-state index in [2.05, 4.69) is 34.1 Å². The molecule has 6 nitrogen and oxygen atoms in total. The Balaban J connectivity index is 1.84. The van der Waals surface area contributed by atoms with Gasteiger partial charge in [0.1, 0.15) is 0 Å². The molecule has 1 saturated heterocycles. The third-order valence-electron chi connectivity index (χ3n) is 3.70. The molecule has 0 radical (unpaired) electrons. The molecule has 1 atom stereocenters. The van der Waals surface area contributed by atoms with Crippen LogP contribution >= 0.6 is 0 Å². The Kier molecular flexibility index (Phi) is 7.10. The molecule has 1 unspecified atom stereocenters. The van der Waals surface area contributed by atoms with Crippen LogP contribution in [0.3, 0.4) is 0 Å². The first-order valence-electron chi connectivity index (χ1n) is 8.46. The van der Waals surface area contributed by atoms with Crippen LogP contribution in [0.15, 0.2) is 24.3 Å². The minimum Gasteiger partial charge on any atom is -0.404 e. The van der Waals surface area contributed by atoms with E-state index >= 15 is 0 Å². The highest BCUT2D eigenvalue weighted by Crippen LogP contribution is 2.29. The number of carbonyl (C=O) groups is 1. The predicted octanol–water partition coefficient (Wildman–Crippen LogP) is 3.06. The fourth-order valence-electron chi connectivity index (χ4n) is 2.74. The molecule has 0 aliphatic carbocycles. The zero-order chi connectivity index (χ0) is 19.2. The van der Waals surface area contributed by atoms with Gasteiger partial charge >= 0.3 is 12.4 Å². The third kappa shape index (κ3) is 7.09. The Morgan fingerprint density at radius 2 is 2.12 bits per heavy atom. The van der Waals surface area contributed by atoms with Crippen LogP contribution in [0, 0.1) is 5.92 Å². The highest BCUT2D eigenvalue weighted by molar-refractivity contribution is 5.90. The molecule has 1 aromatic rings. The van der Waals surface area contributed by atoms with E-state index < -0.39 is 18.1 Å². The van der Waals surface area contributed by atoms with Crippen molar-refractivity contribution in [3.8, 4) is 5.75 Å². The molecule has 1 aromatic carbocycles. The number of morpholine rings is 1. The number of hydrogen-bond donors (Lipinski definition) is 2. The standard InChI is InChI=1S/C17H24F3N3O3/c1-12(2)10-23-7-8-25-13(11-23)9-21-16(24)22-14-5-3-4-6-15(14)26-17(18,19)20/h3-6,12-13H,7-11H2,1-2H3,(H2,21,22,24). The first-order valence-corrected chi connectivity index (χ1v) is 8.46. The lowest BCUT2D eigenvalue weighted by Gasteiger charge is -2.33. The summed E-state index contributed by atoms with van der Waals surface area (Å²) in [5, 5.41) is 5.00. The molecule has 146 valence electrons. The average Bonchev–Trinajstić information content (AvgIpc) is 2.53.